The molecule has 5 aliphatic rings. The van der Waals surface area contributed by atoms with E-state index in [1.165, 1.54) is 18.9 Å². The number of piperidine rings is 1. The summed E-state index contributed by atoms with van der Waals surface area (Å²) in [6.07, 6.45) is 2.90. The lowest BCUT2D eigenvalue weighted by Crippen LogP contribution is -2.63. The number of aryl methyl sites for hydroxylation is 1. The Morgan fingerprint density at radius 2 is 1.65 bits per heavy atom. The number of anilines is 2. The number of pyridine rings is 1. The highest BCUT2D eigenvalue weighted by Gasteiger charge is 2.52. The van der Waals surface area contributed by atoms with Crippen molar-refractivity contribution in [3.05, 3.63) is 82.4 Å². The second-order valence-electron chi connectivity index (χ2n) is 18.9. The van der Waals surface area contributed by atoms with Crippen molar-refractivity contribution in [3.8, 4) is 0 Å². The van der Waals surface area contributed by atoms with Crippen molar-refractivity contribution in [2.24, 2.45) is 24.3 Å². The highest BCUT2D eigenvalue weighted by Crippen LogP contribution is 2.53. The van der Waals surface area contributed by atoms with E-state index < -0.39 is 53.0 Å². The molecule has 2 aromatic carbocycles. The molecule has 5 amide bonds. The molecule has 0 radical (unpaired) electrons. The average Bonchev–Trinajstić information content (AvgIpc) is 3.66. The SMILES string of the molecule is Cn1c2cc(NC(=O)c3cccc(C(F)(F)F)n3)c(C(C)(C)O)cc2nc1[C@H]1CC[C@H](CN2CC3(CC(CCNc4cccc5c4C(=O)N(C4CCC(=O)NC4=O)C5=O)C3)C2)CC1. The number of benzene rings is 2. The van der Waals surface area contributed by atoms with E-state index in [1.54, 1.807) is 44.2 Å². The van der Waals surface area contributed by atoms with E-state index in [-0.39, 0.29) is 41.3 Å². The van der Waals surface area contributed by atoms with Crippen molar-refractivity contribution in [2.45, 2.75) is 95.4 Å². The smallest absolute Gasteiger partial charge is 0.386 e. The topological polar surface area (TPSA) is 179 Å². The van der Waals surface area contributed by atoms with E-state index >= 15 is 0 Å². The Hall–Kier alpha value is -5.68. The van der Waals surface area contributed by atoms with Crippen molar-refractivity contribution < 1.29 is 42.3 Å². The second kappa shape index (κ2) is 15.8. The van der Waals surface area contributed by atoms with Gasteiger partial charge >= 0.3 is 6.18 Å². The number of fused-ring (bicyclic) bond motifs is 2. The van der Waals surface area contributed by atoms with Gasteiger partial charge in [-0.15, -0.1) is 0 Å². The molecule has 332 valence electrons. The Morgan fingerprint density at radius 1 is 0.921 bits per heavy atom. The van der Waals surface area contributed by atoms with E-state index in [0.29, 0.717) is 40.6 Å². The Bertz CT molecular complexity index is 2530. The largest absolute Gasteiger partial charge is 0.433 e. The fraction of sp³-hybridized carbons (Fsp3) is 0.500. The van der Waals surface area contributed by atoms with Gasteiger partial charge in [-0.25, -0.2) is 9.97 Å². The van der Waals surface area contributed by atoms with Gasteiger partial charge in [0, 0.05) is 62.5 Å². The molecule has 1 atom stereocenters. The molecule has 4 aromatic rings. The first-order valence-corrected chi connectivity index (χ1v) is 21.8. The number of aromatic nitrogens is 3. The van der Waals surface area contributed by atoms with Crippen molar-refractivity contribution in [1.29, 1.82) is 0 Å². The maximum absolute atomic E-state index is 13.4. The number of imidazole rings is 1. The minimum Gasteiger partial charge on any atom is -0.386 e. The van der Waals surface area contributed by atoms with Gasteiger partial charge < -0.3 is 25.2 Å². The first-order valence-electron chi connectivity index (χ1n) is 21.8. The highest BCUT2D eigenvalue weighted by atomic mass is 19.4. The van der Waals surface area contributed by atoms with Crippen LogP contribution in [-0.4, -0.2) is 91.2 Å². The van der Waals surface area contributed by atoms with Crippen molar-refractivity contribution >= 4 is 51.9 Å². The molecule has 14 nitrogen and oxygen atoms in total. The normalized spacial score (nSPS) is 22.8. The number of halogens is 3. The Balaban J connectivity index is 0.747. The number of nitrogens with one attached hydrogen (secondary N) is 3. The zero-order chi connectivity index (χ0) is 44.6. The summed E-state index contributed by atoms with van der Waals surface area (Å²) in [6.45, 7) is 7.10. The van der Waals surface area contributed by atoms with Gasteiger partial charge in [0.25, 0.3) is 17.7 Å². The molecule has 0 bridgehead atoms. The van der Waals surface area contributed by atoms with Crippen molar-refractivity contribution in [3.63, 3.8) is 0 Å². The maximum Gasteiger partial charge on any atom is 0.433 e. The van der Waals surface area contributed by atoms with Crippen LogP contribution >= 0.6 is 0 Å². The van der Waals surface area contributed by atoms with E-state index in [9.17, 15) is 42.3 Å². The number of imide groups is 2. The summed E-state index contributed by atoms with van der Waals surface area (Å²) in [5, 5.41) is 19.4. The molecular formula is C46H51F3N8O6. The summed E-state index contributed by atoms with van der Waals surface area (Å²) in [5.74, 6) is -0.534. The summed E-state index contributed by atoms with van der Waals surface area (Å²) in [4.78, 5) is 76.0. The fourth-order valence-corrected chi connectivity index (χ4v) is 10.8. The van der Waals surface area contributed by atoms with Gasteiger partial charge in [0.15, 0.2) is 0 Å². The van der Waals surface area contributed by atoms with E-state index in [2.05, 4.69) is 25.8 Å². The minimum atomic E-state index is -4.70. The van der Waals surface area contributed by atoms with Gasteiger partial charge in [-0.2, -0.15) is 13.2 Å². The van der Waals surface area contributed by atoms with Crippen LogP contribution in [0.3, 0.4) is 0 Å². The lowest BCUT2D eigenvalue weighted by molar-refractivity contribution is -0.141. The first-order chi connectivity index (χ1) is 29.9. The molecule has 3 aliphatic heterocycles. The molecule has 1 spiro atoms. The van der Waals surface area contributed by atoms with Gasteiger partial charge in [-0.1, -0.05) is 12.1 Å². The van der Waals surface area contributed by atoms with Crippen LogP contribution in [0.15, 0.2) is 48.5 Å². The van der Waals surface area contributed by atoms with Crippen LogP contribution in [0, 0.1) is 17.3 Å². The Morgan fingerprint density at radius 3 is 2.35 bits per heavy atom. The minimum absolute atomic E-state index is 0.0747. The third kappa shape index (κ3) is 8.09. The molecule has 4 fully saturated rings. The zero-order valence-corrected chi connectivity index (χ0v) is 35.5. The molecule has 17 heteroatoms. The molecule has 9 rings (SSSR count). The standard InChI is InChI=1S/C46H51F3N8O6/c1-44(2,63)29-18-33-35(19-32(29)53-40(59)31-8-5-9-36(51-31)46(47,48)49)55(3)39(52-33)27-12-10-25(11-13-27)22-56-23-45(24-56)20-26(21-45)16-17-50-30-7-4-6-28-38(30)43(62)57(42(28)61)34-14-15-37(58)54-41(34)60/h4-9,18-19,25-27,34,50,63H,10-17,20-24H2,1-3H3,(H,53,59)(H,54,58,60)/t25-,27-,34?. The quantitative estimate of drug-likeness (QED) is 0.124. The van der Waals surface area contributed by atoms with E-state index in [1.807, 2.05) is 11.6 Å². The predicted octanol–water partition coefficient (Wildman–Crippen LogP) is 6.36. The number of amides is 5. The second-order valence-corrected chi connectivity index (χ2v) is 18.9. The monoisotopic (exact) mass is 868 g/mol. The van der Waals surface area contributed by atoms with Gasteiger partial charge in [0.05, 0.1) is 27.8 Å². The number of carbonyl (C=O) groups excluding carboxylic acids is 5. The van der Waals surface area contributed by atoms with Crippen LogP contribution in [0.2, 0.25) is 0 Å². The van der Waals surface area contributed by atoms with Crippen LogP contribution < -0.4 is 16.0 Å². The number of nitrogens with zero attached hydrogens (tertiary/aromatic N) is 5. The number of alkyl halides is 3. The number of aliphatic hydroxyl groups is 1. The lowest BCUT2D eigenvalue weighted by atomic mass is 9.57. The van der Waals surface area contributed by atoms with Crippen LogP contribution in [0.4, 0.5) is 24.5 Å². The summed E-state index contributed by atoms with van der Waals surface area (Å²) in [5.41, 5.74) is 0.631. The first kappa shape index (κ1) is 42.6. The van der Waals surface area contributed by atoms with Crippen LogP contribution in [-0.2, 0) is 28.4 Å². The van der Waals surface area contributed by atoms with E-state index in [0.717, 1.165) is 80.1 Å². The summed E-state index contributed by atoms with van der Waals surface area (Å²) < 4.78 is 41.9. The molecular weight excluding hydrogens is 818 g/mol. The van der Waals surface area contributed by atoms with Crippen LogP contribution in [0.1, 0.15) is 126 Å². The number of hydrogen-bond donors (Lipinski definition) is 4. The molecule has 63 heavy (non-hydrogen) atoms. The molecule has 1 unspecified atom stereocenters. The molecule has 5 heterocycles. The number of carbonyl (C=O) groups is 5. The highest BCUT2D eigenvalue weighted by molar-refractivity contribution is 6.25. The molecule has 2 aliphatic carbocycles. The summed E-state index contributed by atoms with van der Waals surface area (Å²) in [7, 11) is 1.93. The molecule has 2 saturated carbocycles. The third-order valence-corrected chi connectivity index (χ3v) is 13.9. The van der Waals surface area contributed by atoms with Crippen molar-refractivity contribution in [2.75, 3.05) is 36.8 Å². The van der Waals surface area contributed by atoms with Gasteiger partial charge in [0.1, 0.15) is 23.3 Å². The van der Waals surface area contributed by atoms with Gasteiger partial charge in [-0.3, -0.25) is 34.2 Å². The fourth-order valence-electron chi connectivity index (χ4n) is 10.8. The molecule has 2 aromatic heterocycles. The Labute approximate surface area is 362 Å². The number of rotatable bonds is 11. The van der Waals surface area contributed by atoms with Gasteiger partial charge in [0.2, 0.25) is 11.8 Å². The summed E-state index contributed by atoms with van der Waals surface area (Å²) in [6, 6.07) is 10.8. The van der Waals surface area contributed by atoms with Crippen LogP contribution in [0.5, 0.6) is 0 Å². The Kier molecular flexibility index (Phi) is 10.7. The number of hydrogen-bond acceptors (Lipinski definition) is 10. The lowest BCUT2D eigenvalue weighted by Gasteiger charge is -2.60. The number of likely N-dealkylation sites (tertiary alicyclic amines) is 1. The third-order valence-electron chi connectivity index (χ3n) is 13.9. The van der Waals surface area contributed by atoms with Crippen LogP contribution in [0.25, 0.3) is 11.0 Å². The average molecular weight is 869 g/mol. The maximum atomic E-state index is 13.4. The molecule has 2 saturated heterocycles. The van der Waals surface area contributed by atoms with Crippen molar-refractivity contribution in [1.82, 2.24) is 29.7 Å². The zero-order valence-electron chi connectivity index (χ0n) is 35.5. The van der Waals surface area contributed by atoms with Gasteiger partial charge in [-0.05, 0) is 119 Å². The summed E-state index contributed by atoms with van der Waals surface area (Å²) >= 11 is 0. The van der Waals surface area contributed by atoms with E-state index in [4.69, 9.17) is 4.98 Å². The predicted molar refractivity (Wildman–Crippen MR) is 226 cm³/mol. The molecule has 4 N–H and O–H groups in total.